The van der Waals surface area contributed by atoms with Crippen LogP contribution in [0.4, 0.5) is 0 Å². The molecule has 0 aliphatic heterocycles. The van der Waals surface area contributed by atoms with Crippen LogP contribution in [-0.2, 0) is 14.3 Å². The molecular formula is C11H15NO3. The Balaban J connectivity index is 3.91. The number of hydrogen-bond donors (Lipinski definition) is 1. The summed E-state index contributed by atoms with van der Waals surface area (Å²) in [6.07, 6.45) is 7.20. The van der Waals surface area contributed by atoms with Gasteiger partial charge < -0.3 is 10.1 Å². The van der Waals surface area contributed by atoms with E-state index in [0.717, 1.165) is 5.57 Å². The van der Waals surface area contributed by atoms with Crippen molar-refractivity contribution in [1.29, 1.82) is 0 Å². The van der Waals surface area contributed by atoms with Gasteiger partial charge in [-0.15, -0.1) is 0 Å². The number of ether oxygens (including phenoxy) is 1. The second kappa shape index (κ2) is 7.55. The van der Waals surface area contributed by atoms with Crippen molar-refractivity contribution in [1.82, 2.24) is 5.32 Å². The van der Waals surface area contributed by atoms with Crippen LogP contribution in [0.5, 0.6) is 0 Å². The number of esters is 1. The highest BCUT2D eigenvalue weighted by Gasteiger charge is 1.90. The lowest BCUT2D eigenvalue weighted by Crippen LogP contribution is -2.13. The van der Waals surface area contributed by atoms with Crippen LogP contribution in [0, 0.1) is 0 Å². The molecule has 4 nitrogen and oxygen atoms in total. The van der Waals surface area contributed by atoms with Gasteiger partial charge in [0.05, 0.1) is 7.11 Å². The highest BCUT2D eigenvalue weighted by molar-refractivity contribution is 5.88. The van der Waals surface area contributed by atoms with E-state index in [1.165, 1.54) is 37.6 Å². The van der Waals surface area contributed by atoms with E-state index >= 15 is 0 Å². The number of amides is 1. The Morgan fingerprint density at radius 1 is 1.20 bits per heavy atom. The smallest absolute Gasteiger partial charge is 0.330 e. The van der Waals surface area contributed by atoms with Crippen molar-refractivity contribution in [2.24, 2.45) is 0 Å². The highest BCUT2D eigenvalue weighted by atomic mass is 16.5. The monoisotopic (exact) mass is 209 g/mol. The van der Waals surface area contributed by atoms with Gasteiger partial charge in [-0.25, -0.2) is 4.79 Å². The minimum atomic E-state index is -0.435. The summed E-state index contributed by atoms with van der Waals surface area (Å²) < 4.78 is 4.37. The second-order valence-electron chi connectivity index (χ2n) is 2.97. The fourth-order valence-corrected chi connectivity index (χ4v) is 0.692. The second-order valence-corrected chi connectivity index (χ2v) is 2.97. The van der Waals surface area contributed by atoms with Gasteiger partial charge in [-0.2, -0.15) is 0 Å². The van der Waals surface area contributed by atoms with Crippen molar-refractivity contribution in [3.63, 3.8) is 0 Å². The number of nitrogens with one attached hydrogen (secondary N) is 1. The van der Waals surface area contributed by atoms with Gasteiger partial charge in [0.25, 0.3) is 0 Å². The summed E-state index contributed by atoms with van der Waals surface area (Å²) >= 11 is 0. The third-order valence-electron chi connectivity index (χ3n) is 1.29. The molecule has 1 N–H and O–H groups in total. The van der Waals surface area contributed by atoms with Crippen molar-refractivity contribution in [2.45, 2.75) is 13.8 Å². The zero-order valence-electron chi connectivity index (χ0n) is 9.11. The maximum Gasteiger partial charge on any atom is 0.330 e. The standard InChI is InChI=1S/C11H15NO3/c1-9(2)8-10(13)12-7-5-4-6-11(14)15-3/h4-8H,1-3H3,(H,12,13)/b6-4+,7-5-. The van der Waals surface area contributed by atoms with E-state index in [2.05, 4.69) is 10.1 Å². The molecular weight excluding hydrogens is 194 g/mol. The fraction of sp³-hybridized carbons (Fsp3) is 0.273. The van der Waals surface area contributed by atoms with E-state index in [-0.39, 0.29) is 5.91 Å². The molecule has 0 spiro atoms. The molecule has 82 valence electrons. The zero-order chi connectivity index (χ0) is 11.7. The third kappa shape index (κ3) is 8.49. The molecule has 0 radical (unpaired) electrons. The summed E-state index contributed by atoms with van der Waals surface area (Å²) in [4.78, 5) is 21.7. The first-order chi connectivity index (χ1) is 7.06. The van der Waals surface area contributed by atoms with Crippen molar-refractivity contribution in [3.05, 3.63) is 36.1 Å². The van der Waals surface area contributed by atoms with Gasteiger partial charge in [0.2, 0.25) is 5.91 Å². The van der Waals surface area contributed by atoms with Crippen LogP contribution in [-0.4, -0.2) is 19.0 Å². The summed E-state index contributed by atoms with van der Waals surface area (Å²) in [7, 11) is 1.30. The lowest BCUT2D eigenvalue weighted by molar-refractivity contribution is -0.134. The summed E-state index contributed by atoms with van der Waals surface area (Å²) in [5, 5.41) is 2.51. The molecule has 0 bridgehead atoms. The number of hydrogen-bond acceptors (Lipinski definition) is 3. The number of rotatable bonds is 4. The summed E-state index contributed by atoms with van der Waals surface area (Å²) in [5.74, 6) is -0.631. The first-order valence-corrected chi connectivity index (χ1v) is 4.43. The molecule has 0 unspecified atom stereocenters. The van der Waals surface area contributed by atoms with E-state index in [9.17, 15) is 9.59 Å². The SMILES string of the molecule is COC(=O)/C=C/C=C\NC(=O)C=C(C)C. The van der Waals surface area contributed by atoms with Crippen LogP contribution < -0.4 is 5.32 Å². The summed E-state index contributed by atoms with van der Waals surface area (Å²) in [6.45, 7) is 3.67. The van der Waals surface area contributed by atoms with E-state index in [4.69, 9.17) is 0 Å². The lowest BCUT2D eigenvalue weighted by atomic mass is 10.3. The summed E-state index contributed by atoms with van der Waals surface area (Å²) in [5.41, 5.74) is 0.922. The van der Waals surface area contributed by atoms with Crippen LogP contribution in [0.25, 0.3) is 0 Å². The topological polar surface area (TPSA) is 55.4 Å². The normalized spacial score (nSPS) is 10.3. The molecule has 4 heteroatoms. The van der Waals surface area contributed by atoms with Crippen LogP contribution in [0.3, 0.4) is 0 Å². The Hall–Kier alpha value is -1.84. The number of carbonyl (C=O) groups is 2. The van der Waals surface area contributed by atoms with E-state index < -0.39 is 5.97 Å². The average Bonchev–Trinajstić information content (AvgIpc) is 2.15. The number of carbonyl (C=O) groups excluding carboxylic acids is 2. The minimum Gasteiger partial charge on any atom is -0.466 e. The van der Waals surface area contributed by atoms with Gasteiger partial charge in [0, 0.05) is 18.4 Å². The Morgan fingerprint density at radius 2 is 1.87 bits per heavy atom. The van der Waals surface area contributed by atoms with Crippen LogP contribution in [0.1, 0.15) is 13.8 Å². The van der Waals surface area contributed by atoms with Crippen LogP contribution in [0.2, 0.25) is 0 Å². The maximum absolute atomic E-state index is 11.1. The third-order valence-corrected chi connectivity index (χ3v) is 1.29. The van der Waals surface area contributed by atoms with Crippen LogP contribution in [0.15, 0.2) is 36.1 Å². The lowest BCUT2D eigenvalue weighted by Gasteiger charge is -1.92. The number of methoxy groups -OCH3 is 1. The predicted octanol–water partition coefficient (Wildman–Crippen LogP) is 1.31. The molecule has 0 aromatic heterocycles. The van der Waals surface area contributed by atoms with Gasteiger partial charge in [-0.05, 0) is 19.9 Å². The first-order valence-electron chi connectivity index (χ1n) is 4.43. The van der Waals surface area contributed by atoms with E-state index in [1.807, 2.05) is 13.8 Å². The Kier molecular flexibility index (Phi) is 6.63. The average molecular weight is 209 g/mol. The van der Waals surface area contributed by atoms with E-state index in [1.54, 1.807) is 0 Å². The Labute approximate surface area is 89.3 Å². The zero-order valence-corrected chi connectivity index (χ0v) is 9.11. The highest BCUT2D eigenvalue weighted by Crippen LogP contribution is 1.87. The van der Waals surface area contributed by atoms with Crippen LogP contribution >= 0.6 is 0 Å². The Bertz CT molecular complexity index is 310. The molecule has 0 aliphatic carbocycles. The van der Waals surface area contributed by atoms with Gasteiger partial charge in [-0.3, -0.25) is 4.79 Å². The van der Waals surface area contributed by atoms with Crippen molar-refractivity contribution in [3.8, 4) is 0 Å². The Morgan fingerprint density at radius 3 is 2.40 bits per heavy atom. The molecule has 0 aliphatic rings. The maximum atomic E-state index is 11.1. The molecule has 0 saturated heterocycles. The van der Waals surface area contributed by atoms with Crippen molar-refractivity contribution >= 4 is 11.9 Å². The summed E-state index contributed by atoms with van der Waals surface area (Å²) in [6, 6.07) is 0. The van der Waals surface area contributed by atoms with E-state index in [0.29, 0.717) is 0 Å². The molecule has 0 aromatic carbocycles. The molecule has 0 rings (SSSR count). The molecule has 0 atom stereocenters. The van der Waals surface area contributed by atoms with Gasteiger partial charge >= 0.3 is 5.97 Å². The molecule has 0 saturated carbocycles. The molecule has 0 heterocycles. The van der Waals surface area contributed by atoms with Crippen molar-refractivity contribution < 1.29 is 14.3 Å². The molecule has 0 fully saturated rings. The fourth-order valence-electron chi connectivity index (χ4n) is 0.692. The minimum absolute atomic E-state index is 0.197. The van der Waals surface area contributed by atoms with Gasteiger partial charge in [0.15, 0.2) is 0 Å². The van der Waals surface area contributed by atoms with Gasteiger partial charge in [0.1, 0.15) is 0 Å². The number of allylic oxidation sites excluding steroid dienone is 3. The van der Waals surface area contributed by atoms with Crippen molar-refractivity contribution in [2.75, 3.05) is 7.11 Å². The van der Waals surface area contributed by atoms with Gasteiger partial charge in [-0.1, -0.05) is 11.6 Å². The first kappa shape index (κ1) is 13.2. The molecule has 0 aromatic rings. The quantitative estimate of drug-likeness (QED) is 0.431. The molecule has 1 amide bonds. The largest absolute Gasteiger partial charge is 0.466 e. The molecule has 15 heavy (non-hydrogen) atoms. The predicted molar refractivity (Wildman–Crippen MR) is 57.9 cm³/mol.